The van der Waals surface area contributed by atoms with E-state index in [1.54, 1.807) is 36.4 Å². The SMILES string of the molecule is CCCCCCCCC(c1ccc(O)cc1)(c1ccc(O)cc1)c1ccc(O)cc1. The van der Waals surface area contributed by atoms with Crippen molar-refractivity contribution in [1.82, 2.24) is 0 Å². The average Bonchev–Trinajstić information content (AvgIpc) is 2.76. The van der Waals surface area contributed by atoms with E-state index in [0.717, 1.165) is 36.0 Å². The van der Waals surface area contributed by atoms with Crippen molar-refractivity contribution in [1.29, 1.82) is 0 Å². The second-order valence-electron chi connectivity index (χ2n) is 8.06. The number of unbranched alkanes of at least 4 members (excludes halogenated alkanes) is 5. The second kappa shape index (κ2) is 10.2. The lowest BCUT2D eigenvalue weighted by atomic mass is 9.66. The van der Waals surface area contributed by atoms with Crippen LogP contribution in [0.5, 0.6) is 17.2 Å². The summed E-state index contributed by atoms with van der Waals surface area (Å²) in [6.07, 6.45) is 8.13. The number of phenols is 3. The van der Waals surface area contributed by atoms with E-state index < -0.39 is 5.41 Å². The van der Waals surface area contributed by atoms with Crippen LogP contribution in [0, 0.1) is 0 Å². The Labute approximate surface area is 179 Å². The van der Waals surface area contributed by atoms with Crippen LogP contribution in [0.15, 0.2) is 72.8 Å². The predicted octanol–water partition coefficient (Wildman–Crippen LogP) is 6.89. The molecule has 0 amide bonds. The highest BCUT2D eigenvalue weighted by molar-refractivity contribution is 5.52. The molecule has 0 aliphatic carbocycles. The van der Waals surface area contributed by atoms with Crippen molar-refractivity contribution in [2.75, 3.05) is 0 Å². The zero-order valence-electron chi connectivity index (χ0n) is 17.7. The lowest BCUT2D eigenvalue weighted by Gasteiger charge is -2.36. The summed E-state index contributed by atoms with van der Waals surface area (Å²) in [5.74, 6) is 0.718. The number of benzene rings is 3. The van der Waals surface area contributed by atoms with Gasteiger partial charge in [0.05, 0.1) is 0 Å². The maximum atomic E-state index is 9.87. The van der Waals surface area contributed by atoms with Gasteiger partial charge in [0.15, 0.2) is 0 Å². The van der Waals surface area contributed by atoms with E-state index in [4.69, 9.17) is 0 Å². The second-order valence-corrected chi connectivity index (χ2v) is 8.06. The molecule has 0 spiro atoms. The summed E-state index contributed by atoms with van der Waals surface area (Å²) >= 11 is 0. The highest BCUT2D eigenvalue weighted by Crippen LogP contribution is 2.44. The van der Waals surface area contributed by atoms with Gasteiger partial charge in [-0.3, -0.25) is 0 Å². The van der Waals surface area contributed by atoms with Gasteiger partial charge in [0.2, 0.25) is 0 Å². The Morgan fingerprint density at radius 2 is 0.833 bits per heavy atom. The van der Waals surface area contributed by atoms with Crippen LogP contribution in [-0.2, 0) is 5.41 Å². The van der Waals surface area contributed by atoms with Gasteiger partial charge in [-0.05, 0) is 59.5 Å². The number of rotatable bonds is 10. The summed E-state index contributed by atoms with van der Waals surface area (Å²) in [6.45, 7) is 2.23. The fourth-order valence-corrected chi connectivity index (χ4v) is 4.34. The Kier molecular flexibility index (Phi) is 7.40. The van der Waals surface area contributed by atoms with Crippen molar-refractivity contribution >= 4 is 0 Å². The first-order valence-corrected chi connectivity index (χ1v) is 10.9. The standard InChI is InChI=1S/C27H32O3/c1-2-3-4-5-6-7-20-27(21-8-14-24(28)15-9-21,22-10-16-25(29)17-11-22)23-12-18-26(30)19-13-23/h8-19,28-30H,2-7,20H2,1H3. The number of hydrogen-bond acceptors (Lipinski definition) is 3. The molecule has 0 fully saturated rings. The van der Waals surface area contributed by atoms with E-state index in [9.17, 15) is 15.3 Å². The number of phenolic OH excluding ortho intramolecular Hbond substituents is 3. The normalized spacial score (nSPS) is 11.5. The molecule has 158 valence electrons. The van der Waals surface area contributed by atoms with Crippen LogP contribution in [0.3, 0.4) is 0 Å². The van der Waals surface area contributed by atoms with E-state index >= 15 is 0 Å². The maximum absolute atomic E-state index is 9.87. The summed E-state index contributed by atoms with van der Waals surface area (Å²) in [6, 6.07) is 22.2. The molecule has 0 saturated carbocycles. The lowest BCUT2D eigenvalue weighted by molar-refractivity contribution is 0.468. The molecule has 0 heterocycles. The van der Waals surface area contributed by atoms with Crippen molar-refractivity contribution in [2.24, 2.45) is 0 Å². The van der Waals surface area contributed by atoms with Crippen molar-refractivity contribution in [2.45, 2.75) is 57.3 Å². The van der Waals surface area contributed by atoms with Gasteiger partial charge < -0.3 is 15.3 Å². The monoisotopic (exact) mass is 404 g/mol. The summed E-state index contributed by atoms with van der Waals surface area (Å²) in [4.78, 5) is 0. The van der Waals surface area contributed by atoms with Gasteiger partial charge >= 0.3 is 0 Å². The first-order valence-electron chi connectivity index (χ1n) is 10.9. The van der Waals surface area contributed by atoms with Crippen molar-refractivity contribution in [3.05, 3.63) is 89.5 Å². The summed E-state index contributed by atoms with van der Waals surface area (Å²) < 4.78 is 0. The molecule has 3 rings (SSSR count). The summed E-state index contributed by atoms with van der Waals surface area (Å²) in [5, 5.41) is 29.6. The van der Waals surface area contributed by atoms with E-state index in [2.05, 4.69) is 6.92 Å². The van der Waals surface area contributed by atoms with Gasteiger partial charge in [0.25, 0.3) is 0 Å². The molecule has 0 aliphatic rings. The van der Waals surface area contributed by atoms with E-state index in [0.29, 0.717) is 0 Å². The Morgan fingerprint density at radius 3 is 1.20 bits per heavy atom. The molecule has 0 saturated heterocycles. The van der Waals surface area contributed by atoms with Crippen LogP contribution in [0.2, 0.25) is 0 Å². The minimum Gasteiger partial charge on any atom is -0.508 e. The van der Waals surface area contributed by atoms with Gasteiger partial charge in [-0.2, -0.15) is 0 Å². The van der Waals surface area contributed by atoms with Gasteiger partial charge in [-0.1, -0.05) is 81.8 Å². The molecular weight excluding hydrogens is 372 g/mol. The third kappa shape index (κ3) is 4.96. The van der Waals surface area contributed by atoms with E-state index in [-0.39, 0.29) is 17.2 Å². The molecular formula is C27H32O3. The minimum atomic E-state index is -0.431. The van der Waals surface area contributed by atoms with Gasteiger partial charge in [0, 0.05) is 5.41 Å². The molecule has 3 aromatic carbocycles. The Hall–Kier alpha value is -2.94. The molecule has 3 aromatic rings. The molecule has 0 aliphatic heterocycles. The highest BCUT2D eigenvalue weighted by atomic mass is 16.3. The summed E-state index contributed by atoms with van der Waals surface area (Å²) in [7, 11) is 0. The van der Waals surface area contributed by atoms with Crippen LogP contribution < -0.4 is 0 Å². The van der Waals surface area contributed by atoms with Crippen LogP contribution in [0.4, 0.5) is 0 Å². The molecule has 0 bridgehead atoms. The molecule has 3 nitrogen and oxygen atoms in total. The van der Waals surface area contributed by atoms with Crippen molar-refractivity contribution in [3.8, 4) is 17.2 Å². The van der Waals surface area contributed by atoms with E-state index in [1.165, 1.54) is 25.7 Å². The highest BCUT2D eigenvalue weighted by Gasteiger charge is 2.36. The quantitative estimate of drug-likeness (QED) is 0.255. The smallest absolute Gasteiger partial charge is 0.115 e. The summed E-state index contributed by atoms with van der Waals surface area (Å²) in [5.41, 5.74) is 2.83. The van der Waals surface area contributed by atoms with Crippen LogP contribution in [-0.4, -0.2) is 15.3 Å². The van der Waals surface area contributed by atoms with Gasteiger partial charge in [-0.25, -0.2) is 0 Å². The van der Waals surface area contributed by atoms with Crippen LogP contribution in [0.1, 0.15) is 68.6 Å². The average molecular weight is 405 g/mol. The first-order chi connectivity index (χ1) is 14.6. The maximum Gasteiger partial charge on any atom is 0.115 e. The molecule has 3 heteroatoms. The molecule has 0 unspecified atom stereocenters. The molecule has 0 aromatic heterocycles. The van der Waals surface area contributed by atoms with Crippen molar-refractivity contribution < 1.29 is 15.3 Å². The third-order valence-corrected chi connectivity index (χ3v) is 5.99. The fraction of sp³-hybridized carbons (Fsp3) is 0.333. The minimum absolute atomic E-state index is 0.239. The van der Waals surface area contributed by atoms with E-state index in [1.807, 2.05) is 36.4 Å². The Bertz CT molecular complexity index is 785. The Balaban J connectivity index is 2.06. The number of hydrogen-bond donors (Lipinski definition) is 3. The van der Waals surface area contributed by atoms with Gasteiger partial charge in [-0.15, -0.1) is 0 Å². The molecule has 3 N–H and O–H groups in total. The third-order valence-electron chi connectivity index (χ3n) is 5.99. The zero-order valence-corrected chi connectivity index (χ0v) is 17.7. The predicted molar refractivity (Wildman–Crippen MR) is 122 cm³/mol. The molecule has 30 heavy (non-hydrogen) atoms. The topological polar surface area (TPSA) is 60.7 Å². The van der Waals surface area contributed by atoms with Crippen LogP contribution >= 0.6 is 0 Å². The largest absolute Gasteiger partial charge is 0.508 e. The molecule has 0 radical (unpaired) electrons. The fourth-order valence-electron chi connectivity index (χ4n) is 4.34. The van der Waals surface area contributed by atoms with Crippen LogP contribution in [0.25, 0.3) is 0 Å². The Morgan fingerprint density at radius 1 is 0.500 bits per heavy atom. The number of aromatic hydroxyl groups is 3. The molecule has 0 atom stereocenters. The van der Waals surface area contributed by atoms with Crippen molar-refractivity contribution in [3.63, 3.8) is 0 Å². The lowest BCUT2D eigenvalue weighted by Crippen LogP contribution is -2.29. The zero-order chi connectivity index (χ0) is 21.4. The van der Waals surface area contributed by atoms with Gasteiger partial charge in [0.1, 0.15) is 17.2 Å². The first kappa shape index (κ1) is 21.8.